The Morgan fingerprint density at radius 1 is 1.11 bits per heavy atom. The molecular formula is C8H12O. The molecule has 0 aliphatic heterocycles. The number of carbonyl (C=O) groups excluding carboxylic acids is 1. The topological polar surface area (TPSA) is 17.1 Å². The van der Waals surface area contributed by atoms with E-state index in [-0.39, 0.29) is 0 Å². The van der Waals surface area contributed by atoms with Gasteiger partial charge in [0, 0.05) is 12.8 Å². The largest absolute Gasteiger partial charge is 0.300 e. The highest BCUT2D eigenvalue weighted by molar-refractivity contribution is 5.81. The van der Waals surface area contributed by atoms with Crippen molar-refractivity contribution in [2.24, 2.45) is 11.8 Å². The van der Waals surface area contributed by atoms with Crippen LogP contribution in [0.3, 0.4) is 0 Å². The molecule has 2 aliphatic carbocycles. The monoisotopic (exact) mass is 124 g/mol. The van der Waals surface area contributed by atoms with Crippen molar-refractivity contribution in [3.05, 3.63) is 0 Å². The van der Waals surface area contributed by atoms with Gasteiger partial charge in [0.15, 0.2) is 0 Å². The maximum atomic E-state index is 10.9. The van der Waals surface area contributed by atoms with E-state index < -0.39 is 0 Å². The lowest BCUT2D eigenvalue weighted by Gasteiger charge is -2.03. The number of Topliss-reactive ketones (excluding diaryl/α,β-unsaturated/α-hetero) is 1. The third-order valence-corrected chi connectivity index (χ3v) is 2.80. The van der Waals surface area contributed by atoms with Gasteiger partial charge < -0.3 is 0 Å². The van der Waals surface area contributed by atoms with Crippen LogP contribution in [0.4, 0.5) is 0 Å². The maximum absolute atomic E-state index is 10.9. The molecule has 0 aromatic heterocycles. The van der Waals surface area contributed by atoms with Crippen molar-refractivity contribution < 1.29 is 4.79 Å². The van der Waals surface area contributed by atoms with Gasteiger partial charge in [-0.15, -0.1) is 0 Å². The minimum Gasteiger partial charge on any atom is -0.300 e. The molecule has 2 rings (SSSR count). The molecule has 2 saturated carbocycles. The second-order valence-electron chi connectivity index (χ2n) is 3.40. The summed E-state index contributed by atoms with van der Waals surface area (Å²) in [7, 11) is 0. The molecule has 0 amide bonds. The Morgan fingerprint density at radius 2 is 1.67 bits per heavy atom. The lowest BCUT2D eigenvalue weighted by Crippen LogP contribution is -1.95. The molecule has 0 heterocycles. The number of hydrogen-bond acceptors (Lipinski definition) is 1. The molecule has 1 heteroatoms. The quantitative estimate of drug-likeness (QED) is 0.481. The molecule has 9 heavy (non-hydrogen) atoms. The zero-order valence-electron chi connectivity index (χ0n) is 5.60. The SMILES string of the molecule is O=C1C[C@H]2CCC[C@H]2C1. The summed E-state index contributed by atoms with van der Waals surface area (Å²) in [4.78, 5) is 10.9. The molecule has 0 aromatic carbocycles. The normalized spacial score (nSPS) is 41.6. The molecule has 1 nitrogen and oxygen atoms in total. The van der Waals surface area contributed by atoms with Crippen LogP contribution in [0.25, 0.3) is 0 Å². The fraction of sp³-hybridized carbons (Fsp3) is 0.875. The number of ketones is 1. The predicted molar refractivity (Wildman–Crippen MR) is 35.1 cm³/mol. The molecular weight excluding hydrogens is 112 g/mol. The minimum atomic E-state index is 0.518. The first-order valence-electron chi connectivity index (χ1n) is 3.88. The Hall–Kier alpha value is -0.330. The second kappa shape index (κ2) is 1.83. The minimum absolute atomic E-state index is 0.518. The summed E-state index contributed by atoms with van der Waals surface area (Å²) in [6, 6.07) is 0. The van der Waals surface area contributed by atoms with Crippen molar-refractivity contribution in [1.29, 1.82) is 0 Å². The Balaban J connectivity index is 2.09. The summed E-state index contributed by atoms with van der Waals surface area (Å²) in [5.74, 6) is 2.12. The first-order valence-corrected chi connectivity index (χ1v) is 3.88. The van der Waals surface area contributed by atoms with Crippen molar-refractivity contribution in [2.75, 3.05) is 0 Å². The van der Waals surface area contributed by atoms with Gasteiger partial charge in [0.1, 0.15) is 5.78 Å². The summed E-state index contributed by atoms with van der Waals surface area (Å²) in [5, 5.41) is 0. The summed E-state index contributed by atoms with van der Waals surface area (Å²) in [6.45, 7) is 0. The van der Waals surface area contributed by atoms with E-state index in [9.17, 15) is 4.79 Å². The molecule has 0 N–H and O–H groups in total. The average molecular weight is 124 g/mol. The molecule has 2 aliphatic rings. The molecule has 2 atom stereocenters. The predicted octanol–water partition coefficient (Wildman–Crippen LogP) is 1.77. The van der Waals surface area contributed by atoms with Gasteiger partial charge in [-0.25, -0.2) is 0 Å². The van der Waals surface area contributed by atoms with Gasteiger partial charge >= 0.3 is 0 Å². The van der Waals surface area contributed by atoms with Crippen LogP contribution in [0.1, 0.15) is 32.1 Å². The highest BCUT2D eigenvalue weighted by Crippen LogP contribution is 2.41. The van der Waals surface area contributed by atoms with Crippen LogP contribution in [0.15, 0.2) is 0 Å². The van der Waals surface area contributed by atoms with Crippen LogP contribution in [0, 0.1) is 11.8 Å². The van der Waals surface area contributed by atoms with E-state index in [1.165, 1.54) is 19.3 Å². The van der Waals surface area contributed by atoms with E-state index in [2.05, 4.69) is 0 Å². The number of hydrogen-bond donors (Lipinski definition) is 0. The highest BCUT2D eigenvalue weighted by Gasteiger charge is 2.35. The molecule has 0 bridgehead atoms. The van der Waals surface area contributed by atoms with E-state index in [4.69, 9.17) is 0 Å². The van der Waals surface area contributed by atoms with Crippen LogP contribution in [-0.2, 0) is 4.79 Å². The zero-order chi connectivity index (χ0) is 6.27. The van der Waals surface area contributed by atoms with Crippen molar-refractivity contribution in [1.82, 2.24) is 0 Å². The van der Waals surface area contributed by atoms with Crippen molar-refractivity contribution in [3.63, 3.8) is 0 Å². The number of rotatable bonds is 0. The van der Waals surface area contributed by atoms with E-state index in [1.54, 1.807) is 0 Å². The van der Waals surface area contributed by atoms with Crippen LogP contribution in [-0.4, -0.2) is 5.78 Å². The molecule has 0 aromatic rings. The van der Waals surface area contributed by atoms with E-state index in [1.807, 2.05) is 0 Å². The smallest absolute Gasteiger partial charge is 0.133 e. The van der Waals surface area contributed by atoms with Crippen LogP contribution >= 0.6 is 0 Å². The van der Waals surface area contributed by atoms with Crippen molar-refractivity contribution in [2.45, 2.75) is 32.1 Å². The lowest BCUT2D eigenvalue weighted by atomic mass is 10.0. The molecule has 0 unspecified atom stereocenters. The molecule has 2 fully saturated rings. The number of fused-ring (bicyclic) bond motifs is 1. The summed E-state index contributed by atoms with van der Waals surface area (Å²) in [6.07, 6.45) is 5.85. The summed E-state index contributed by atoms with van der Waals surface area (Å²) >= 11 is 0. The van der Waals surface area contributed by atoms with E-state index in [0.29, 0.717) is 5.78 Å². The van der Waals surface area contributed by atoms with Gasteiger partial charge in [-0.1, -0.05) is 6.42 Å². The maximum Gasteiger partial charge on any atom is 0.133 e. The van der Waals surface area contributed by atoms with Crippen LogP contribution in [0.5, 0.6) is 0 Å². The Morgan fingerprint density at radius 3 is 2.22 bits per heavy atom. The van der Waals surface area contributed by atoms with Crippen LogP contribution in [0.2, 0.25) is 0 Å². The average Bonchev–Trinajstić information content (AvgIpc) is 2.22. The van der Waals surface area contributed by atoms with Gasteiger partial charge in [-0.05, 0) is 24.7 Å². The molecule has 0 saturated heterocycles. The van der Waals surface area contributed by atoms with E-state index >= 15 is 0 Å². The van der Waals surface area contributed by atoms with Gasteiger partial charge in [0.2, 0.25) is 0 Å². The van der Waals surface area contributed by atoms with Gasteiger partial charge in [0.25, 0.3) is 0 Å². The lowest BCUT2D eigenvalue weighted by molar-refractivity contribution is -0.117. The standard InChI is InChI=1S/C8H12O/c9-8-4-6-2-1-3-7(6)5-8/h6-7H,1-5H2/t6-,7+. The first kappa shape index (κ1) is 5.45. The zero-order valence-corrected chi connectivity index (χ0v) is 5.60. The van der Waals surface area contributed by atoms with Gasteiger partial charge in [0.05, 0.1) is 0 Å². The van der Waals surface area contributed by atoms with E-state index in [0.717, 1.165) is 24.7 Å². The second-order valence-corrected chi connectivity index (χ2v) is 3.40. The third kappa shape index (κ3) is 0.790. The van der Waals surface area contributed by atoms with Crippen molar-refractivity contribution >= 4 is 5.78 Å². The first-order chi connectivity index (χ1) is 4.36. The Kier molecular flexibility index (Phi) is 1.11. The fourth-order valence-electron chi connectivity index (χ4n) is 2.32. The van der Waals surface area contributed by atoms with Crippen LogP contribution < -0.4 is 0 Å². The van der Waals surface area contributed by atoms with Gasteiger partial charge in [-0.2, -0.15) is 0 Å². The molecule has 0 spiro atoms. The molecule has 50 valence electrons. The van der Waals surface area contributed by atoms with Gasteiger partial charge in [-0.3, -0.25) is 4.79 Å². The van der Waals surface area contributed by atoms with Crippen molar-refractivity contribution in [3.8, 4) is 0 Å². The Labute approximate surface area is 55.4 Å². The Bertz CT molecular complexity index is 126. The summed E-state index contributed by atoms with van der Waals surface area (Å²) < 4.78 is 0. The third-order valence-electron chi connectivity index (χ3n) is 2.80. The summed E-state index contributed by atoms with van der Waals surface area (Å²) in [5.41, 5.74) is 0. The number of carbonyl (C=O) groups is 1. The fourth-order valence-corrected chi connectivity index (χ4v) is 2.32. The molecule has 0 radical (unpaired) electrons. The highest BCUT2D eigenvalue weighted by atomic mass is 16.1.